The third-order valence-electron chi connectivity index (χ3n) is 3.38. The van der Waals surface area contributed by atoms with Gasteiger partial charge in [-0.1, -0.05) is 11.6 Å². The SMILES string of the molecule is COc1ccc(Cl)cc1Nc1cc(Nc2ccc(C#N)cc2)ncn1. The third kappa shape index (κ3) is 4.16. The predicted octanol–water partition coefficient (Wildman–Crippen LogP) is 4.50. The fraction of sp³-hybridized carbons (Fsp3) is 0.0556. The van der Waals surface area contributed by atoms with Crippen LogP contribution in [0.25, 0.3) is 0 Å². The van der Waals surface area contributed by atoms with E-state index in [0.717, 1.165) is 5.69 Å². The van der Waals surface area contributed by atoms with Gasteiger partial charge in [0.2, 0.25) is 0 Å². The molecule has 0 aliphatic rings. The second-order valence-corrected chi connectivity index (χ2v) is 5.51. The fourth-order valence-electron chi connectivity index (χ4n) is 2.19. The highest BCUT2D eigenvalue weighted by Gasteiger charge is 2.06. The first-order chi connectivity index (χ1) is 12.2. The van der Waals surface area contributed by atoms with Gasteiger partial charge in [-0.3, -0.25) is 0 Å². The minimum Gasteiger partial charge on any atom is -0.495 e. The van der Waals surface area contributed by atoms with E-state index in [2.05, 4.69) is 26.7 Å². The lowest BCUT2D eigenvalue weighted by Gasteiger charge is -2.12. The van der Waals surface area contributed by atoms with Gasteiger partial charge in [-0.15, -0.1) is 0 Å². The zero-order valence-corrected chi connectivity index (χ0v) is 14.1. The van der Waals surface area contributed by atoms with Gasteiger partial charge in [0.15, 0.2) is 0 Å². The predicted molar refractivity (Wildman–Crippen MR) is 97.8 cm³/mol. The molecule has 0 fully saturated rings. The number of anilines is 4. The summed E-state index contributed by atoms with van der Waals surface area (Å²) >= 11 is 6.04. The Hall–Kier alpha value is -3.30. The molecule has 0 amide bonds. The monoisotopic (exact) mass is 351 g/mol. The minimum absolute atomic E-state index is 0.590. The van der Waals surface area contributed by atoms with E-state index >= 15 is 0 Å². The first-order valence-corrected chi connectivity index (χ1v) is 7.75. The lowest BCUT2D eigenvalue weighted by Crippen LogP contribution is -2.00. The van der Waals surface area contributed by atoms with E-state index in [9.17, 15) is 0 Å². The molecule has 2 aromatic carbocycles. The number of halogens is 1. The molecule has 1 heterocycles. The molecule has 6 nitrogen and oxygen atoms in total. The maximum atomic E-state index is 8.84. The van der Waals surface area contributed by atoms with Crippen LogP contribution in [0, 0.1) is 11.3 Å². The summed E-state index contributed by atoms with van der Waals surface area (Å²) in [5.74, 6) is 1.86. The van der Waals surface area contributed by atoms with Crippen LogP contribution in [-0.2, 0) is 0 Å². The molecule has 0 saturated heterocycles. The zero-order valence-electron chi connectivity index (χ0n) is 13.3. The number of nitrogens with one attached hydrogen (secondary N) is 2. The molecule has 3 aromatic rings. The Morgan fingerprint density at radius 1 is 1.00 bits per heavy atom. The van der Waals surface area contributed by atoms with Gasteiger partial charge in [-0.05, 0) is 42.5 Å². The second kappa shape index (κ2) is 7.51. The number of benzene rings is 2. The molecular weight excluding hydrogens is 338 g/mol. The first kappa shape index (κ1) is 16.6. The van der Waals surface area contributed by atoms with E-state index in [4.69, 9.17) is 21.6 Å². The van der Waals surface area contributed by atoms with Crippen LogP contribution >= 0.6 is 11.6 Å². The van der Waals surface area contributed by atoms with E-state index in [1.54, 1.807) is 43.5 Å². The summed E-state index contributed by atoms with van der Waals surface area (Å²) in [6.45, 7) is 0. The average molecular weight is 352 g/mol. The van der Waals surface area contributed by atoms with Crippen molar-refractivity contribution in [1.82, 2.24) is 9.97 Å². The molecule has 0 radical (unpaired) electrons. The molecule has 1 aromatic heterocycles. The molecule has 2 N–H and O–H groups in total. The first-order valence-electron chi connectivity index (χ1n) is 7.38. The molecule has 0 bridgehead atoms. The van der Waals surface area contributed by atoms with Crippen molar-refractivity contribution in [2.45, 2.75) is 0 Å². The lowest BCUT2D eigenvalue weighted by atomic mass is 10.2. The number of rotatable bonds is 5. The van der Waals surface area contributed by atoms with Crippen molar-refractivity contribution < 1.29 is 4.74 Å². The van der Waals surface area contributed by atoms with Gasteiger partial charge in [0, 0.05) is 16.8 Å². The number of hydrogen-bond acceptors (Lipinski definition) is 6. The van der Waals surface area contributed by atoms with E-state index in [-0.39, 0.29) is 0 Å². The van der Waals surface area contributed by atoms with Gasteiger partial charge in [0.25, 0.3) is 0 Å². The molecule has 0 saturated carbocycles. The molecule has 0 aliphatic heterocycles. The fourth-order valence-corrected chi connectivity index (χ4v) is 2.36. The van der Waals surface area contributed by atoms with Gasteiger partial charge in [0.05, 0.1) is 24.4 Å². The standard InChI is InChI=1S/C18H14ClN5O/c1-25-16-7-4-13(19)8-15(16)24-18-9-17(21-11-22-18)23-14-5-2-12(10-20)3-6-14/h2-9,11H,1H3,(H2,21,22,23,24). The molecule has 3 rings (SSSR count). The Bertz CT molecular complexity index is 921. The highest BCUT2D eigenvalue weighted by atomic mass is 35.5. The number of hydrogen-bond donors (Lipinski definition) is 2. The quantitative estimate of drug-likeness (QED) is 0.704. The van der Waals surface area contributed by atoms with Crippen LogP contribution in [0.2, 0.25) is 5.02 Å². The zero-order chi connectivity index (χ0) is 17.6. The van der Waals surface area contributed by atoms with Gasteiger partial charge in [0.1, 0.15) is 23.7 Å². The van der Waals surface area contributed by atoms with E-state index in [1.165, 1.54) is 6.33 Å². The summed E-state index contributed by atoms with van der Waals surface area (Å²) in [4.78, 5) is 8.40. The van der Waals surface area contributed by atoms with Crippen molar-refractivity contribution >= 4 is 34.6 Å². The van der Waals surface area contributed by atoms with Crippen molar-refractivity contribution in [3.05, 3.63) is 65.4 Å². The Labute approximate surface area is 150 Å². The van der Waals surface area contributed by atoms with Crippen molar-refractivity contribution in [3.8, 4) is 11.8 Å². The number of nitriles is 1. The van der Waals surface area contributed by atoms with Crippen LogP contribution in [0.5, 0.6) is 5.75 Å². The third-order valence-corrected chi connectivity index (χ3v) is 3.61. The van der Waals surface area contributed by atoms with Crippen LogP contribution < -0.4 is 15.4 Å². The van der Waals surface area contributed by atoms with Crippen LogP contribution in [0.1, 0.15) is 5.56 Å². The summed E-state index contributed by atoms with van der Waals surface area (Å²) in [7, 11) is 1.59. The summed E-state index contributed by atoms with van der Waals surface area (Å²) in [6.07, 6.45) is 1.45. The number of methoxy groups -OCH3 is 1. The normalized spacial score (nSPS) is 9.96. The largest absolute Gasteiger partial charge is 0.495 e. The maximum Gasteiger partial charge on any atom is 0.142 e. The van der Waals surface area contributed by atoms with Crippen molar-refractivity contribution in [2.24, 2.45) is 0 Å². The lowest BCUT2D eigenvalue weighted by molar-refractivity contribution is 0.417. The number of nitrogens with zero attached hydrogens (tertiary/aromatic N) is 3. The highest BCUT2D eigenvalue weighted by molar-refractivity contribution is 6.31. The van der Waals surface area contributed by atoms with E-state index < -0.39 is 0 Å². The minimum atomic E-state index is 0.590. The molecule has 25 heavy (non-hydrogen) atoms. The van der Waals surface area contributed by atoms with Gasteiger partial charge in [-0.25, -0.2) is 9.97 Å². The Balaban J connectivity index is 1.79. The second-order valence-electron chi connectivity index (χ2n) is 5.07. The van der Waals surface area contributed by atoms with Crippen molar-refractivity contribution in [2.75, 3.05) is 17.7 Å². The molecule has 124 valence electrons. The summed E-state index contributed by atoms with van der Waals surface area (Å²) < 4.78 is 5.31. The Morgan fingerprint density at radius 3 is 2.40 bits per heavy atom. The molecular formula is C18H14ClN5O. The van der Waals surface area contributed by atoms with Gasteiger partial charge < -0.3 is 15.4 Å². The summed E-state index contributed by atoms with van der Waals surface area (Å²) in [5, 5.41) is 15.8. The summed E-state index contributed by atoms with van der Waals surface area (Å²) in [5.41, 5.74) is 2.13. The van der Waals surface area contributed by atoms with Crippen LogP contribution in [0.4, 0.5) is 23.0 Å². The van der Waals surface area contributed by atoms with Gasteiger partial charge >= 0.3 is 0 Å². The van der Waals surface area contributed by atoms with Crippen molar-refractivity contribution in [3.63, 3.8) is 0 Å². The molecule has 0 unspecified atom stereocenters. The molecule has 0 spiro atoms. The Kier molecular flexibility index (Phi) is 4.97. The van der Waals surface area contributed by atoms with E-state index in [0.29, 0.717) is 33.7 Å². The van der Waals surface area contributed by atoms with Gasteiger partial charge in [-0.2, -0.15) is 5.26 Å². The highest BCUT2D eigenvalue weighted by Crippen LogP contribution is 2.30. The van der Waals surface area contributed by atoms with Crippen LogP contribution in [0.15, 0.2) is 54.9 Å². The van der Waals surface area contributed by atoms with E-state index in [1.807, 2.05) is 12.1 Å². The molecule has 0 atom stereocenters. The molecule has 7 heteroatoms. The van der Waals surface area contributed by atoms with Crippen molar-refractivity contribution in [1.29, 1.82) is 5.26 Å². The average Bonchev–Trinajstić information content (AvgIpc) is 2.63. The maximum absolute atomic E-state index is 8.84. The number of aromatic nitrogens is 2. The Morgan fingerprint density at radius 2 is 1.72 bits per heavy atom. The topological polar surface area (TPSA) is 82.9 Å². The smallest absolute Gasteiger partial charge is 0.142 e. The summed E-state index contributed by atoms with van der Waals surface area (Å²) in [6, 6.07) is 16.2. The molecule has 0 aliphatic carbocycles. The number of ether oxygens (including phenoxy) is 1. The van der Waals surface area contributed by atoms with Crippen LogP contribution in [0.3, 0.4) is 0 Å². The van der Waals surface area contributed by atoms with Crippen LogP contribution in [-0.4, -0.2) is 17.1 Å².